The molecule has 110 valence electrons. The largest absolute Gasteiger partial charge is 0.495 e. The molecule has 1 aliphatic heterocycles. The summed E-state index contributed by atoms with van der Waals surface area (Å²) in [5.74, 6) is 0.624. The van der Waals surface area contributed by atoms with E-state index in [-0.39, 0.29) is 18.3 Å². The zero-order chi connectivity index (χ0) is 15.1. The van der Waals surface area contributed by atoms with Crippen LogP contribution in [0.5, 0.6) is 0 Å². The van der Waals surface area contributed by atoms with Gasteiger partial charge in [0.25, 0.3) is 0 Å². The fraction of sp³-hybridized carbons (Fsp3) is 0.647. The van der Waals surface area contributed by atoms with Crippen molar-refractivity contribution in [3.8, 4) is 0 Å². The predicted octanol–water partition coefficient (Wildman–Crippen LogP) is 3.49. The van der Waals surface area contributed by atoms with E-state index in [0.29, 0.717) is 5.92 Å². The van der Waals surface area contributed by atoms with Gasteiger partial charge in [-0.3, -0.25) is 0 Å². The highest BCUT2D eigenvalue weighted by atomic mass is 16.7. The first kappa shape index (κ1) is 15.6. The Labute approximate surface area is 124 Å². The zero-order valence-corrected chi connectivity index (χ0v) is 13.9. The molecule has 1 fully saturated rings. The van der Waals surface area contributed by atoms with Crippen molar-refractivity contribution in [1.29, 1.82) is 0 Å². The van der Waals surface area contributed by atoms with E-state index in [1.807, 2.05) is 0 Å². The average molecular weight is 274 g/mol. The first-order chi connectivity index (χ1) is 9.12. The van der Waals surface area contributed by atoms with Crippen molar-refractivity contribution in [1.82, 2.24) is 0 Å². The number of aryl methyl sites for hydroxylation is 1. The van der Waals surface area contributed by atoms with Gasteiger partial charge in [0.15, 0.2) is 0 Å². The Hall–Kier alpha value is -0.795. The van der Waals surface area contributed by atoms with Gasteiger partial charge in [0.05, 0.1) is 11.2 Å². The molecule has 0 amide bonds. The molecule has 1 aromatic carbocycles. The molecule has 0 aromatic heterocycles. The summed E-state index contributed by atoms with van der Waals surface area (Å²) < 4.78 is 12.4. The van der Waals surface area contributed by atoms with Crippen LogP contribution in [0.1, 0.15) is 52.7 Å². The van der Waals surface area contributed by atoms with Crippen LogP contribution in [0.4, 0.5) is 0 Å². The maximum Gasteiger partial charge on any atom is 0.495 e. The van der Waals surface area contributed by atoms with Gasteiger partial charge in [-0.25, -0.2) is 0 Å². The second-order valence-electron chi connectivity index (χ2n) is 7.39. The summed E-state index contributed by atoms with van der Waals surface area (Å²) in [7, 11) is -0.256. The average Bonchev–Trinajstić information content (AvgIpc) is 2.50. The van der Waals surface area contributed by atoms with E-state index >= 15 is 0 Å². The highest BCUT2D eigenvalue weighted by molar-refractivity contribution is 6.62. The summed E-state index contributed by atoms with van der Waals surface area (Å²) in [5, 5.41) is 0. The minimum absolute atomic E-state index is 0.256. The van der Waals surface area contributed by atoms with Crippen LogP contribution in [-0.2, 0) is 15.7 Å². The molecule has 1 aromatic rings. The Morgan fingerprint density at radius 3 is 2.10 bits per heavy atom. The fourth-order valence-corrected chi connectivity index (χ4v) is 2.53. The summed E-state index contributed by atoms with van der Waals surface area (Å²) in [5.41, 5.74) is 3.22. The molecule has 1 saturated heterocycles. The monoisotopic (exact) mass is 274 g/mol. The van der Waals surface area contributed by atoms with Crippen LogP contribution in [0, 0.1) is 12.8 Å². The van der Waals surface area contributed by atoms with Gasteiger partial charge in [0.2, 0.25) is 0 Å². The van der Waals surface area contributed by atoms with Gasteiger partial charge in [-0.15, -0.1) is 0 Å². The molecule has 0 atom stereocenters. The van der Waals surface area contributed by atoms with E-state index in [4.69, 9.17) is 9.31 Å². The van der Waals surface area contributed by atoms with Gasteiger partial charge in [0.1, 0.15) is 0 Å². The van der Waals surface area contributed by atoms with Crippen LogP contribution in [-0.4, -0.2) is 18.3 Å². The molecule has 3 heteroatoms. The highest BCUT2D eigenvalue weighted by Gasteiger charge is 2.52. The van der Waals surface area contributed by atoms with Gasteiger partial charge in [-0.1, -0.05) is 37.6 Å². The van der Waals surface area contributed by atoms with E-state index in [1.54, 1.807) is 0 Å². The quantitative estimate of drug-likeness (QED) is 0.785. The first-order valence-electron chi connectivity index (χ1n) is 7.57. The van der Waals surface area contributed by atoms with E-state index < -0.39 is 0 Å². The van der Waals surface area contributed by atoms with Gasteiger partial charge in [-0.05, 0) is 58.0 Å². The number of rotatable bonds is 3. The van der Waals surface area contributed by atoms with Crippen LogP contribution in [0.3, 0.4) is 0 Å². The third-order valence-corrected chi connectivity index (χ3v) is 4.44. The van der Waals surface area contributed by atoms with E-state index in [9.17, 15) is 0 Å². The first-order valence-corrected chi connectivity index (χ1v) is 7.57. The molecule has 0 N–H and O–H groups in total. The normalized spacial score (nSPS) is 20.7. The van der Waals surface area contributed by atoms with E-state index in [1.165, 1.54) is 16.6 Å². The molecule has 0 aliphatic carbocycles. The van der Waals surface area contributed by atoms with E-state index in [0.717, 1.165) is 6.42 Å². The lowest BCUT2D eigenvalue weighted by molar-refractivity contribution is 0.00578. The van der Waals surface area contributed by atoms with Crippen molar-refractivity contribution in [2.24, 2.45) is 5.92 Å². The van der Waals surface area contributed by atoms with Crippen molar-refractivity contribution in [2.45, 2.75) is 66.1 Å². The second-order valence-corrected chi connectivity index (χ2v) is 7.39. The Balaban J connectivity index is 2.36. The lowest BCUT2D eigenvalue weighted by Crippen LogP contribution is -2.41. The van der Waals surface area contributed by atoms with Gasteiger partial charge in [-0.2, -0.15) is 0 Å². The maximum absolute atomic E-state index is 6.21. The molecule has 0 bridgehead atoms. The number of hydrogen-bond donors (Lipinski definition) is 0. The van der Waals surface area contributed by atoms with Crippen LogP contribution in [0.25, 0.3) is 0 Å². The molecular weight excluding hydrogens is 247 g/mol. The number of benzene rings is 1. The lowest BCUT2D eigenvalue weighted by atomic mass is 9.73. The van der Waals surface area contributed by atoms with Crippen molar-refractivity contribution in [3.05, 3.63) is 29.3 Å². The standard InChI is InChI=1S/C17H27BO2/c1-12(2)10-14-9-8-13(3)11-15(14)18-19-16(4,5)17(6,7)20-18/h8-9,11-12H,10H2,1-7H3. The molecule has 2 nitrogen and oxygen atoms in total. The molecule has 20 heavy (non-hydrogen) atoms. The van der Waals surface area contributed by atoms with Crippen molar-refractivity contribution < 1.29 is 9.31 Å². The molecule has 1 heterocycles. The van der Waals surface area contributed by atoms with Gasteiger partial charge < -0.3 is 9.31 Å². The Morgan fingerprint density at radius 1 is 1.05 bits per heavy atom. The molecule has 0 unspecified atom stereocenters. The maximum atomic E-state index is 6.21. The van der Waals surface area contributed by atoms with Gasteiger partial charge in [0, 0.05) is 0 Å². The molecule has 1 aliphatic rings. The lowest BCUT2D eigenvalue weighted by Gasteiger charge is -2.32. The fourth-order valence-electron chi connectivity index (χ4n) is 2.53. The van der Waals surface area contributed by atoms with Crippen molar-refractivity contribution in [3.63, 3.8) is 0 Å². The van der Waals surface area contributed by atoms with Gasteiger partial charge >= 0.3 is 7.12 Å². The van der Waals surface area contributed by atoms with Crippen LogP contribution < -0.4 is 5.46 Å². The molecule has 0 saturated carbocycles. The van der Waals surface area contributed by atoms with Crippen LogP contribution >= 0.6 is 0 Å². The summed E-state index contributed by atoms with van der Waals surface area (Å²) in [6, 6.07) is 6.60. The minimum Gasteiger partial charge on any atom is -0.399 e. The molecular formula is C17H27BO2. The Bertz CT molecular complexity index is 476. The topological polar surface area (TPSA) is 18.5 Å². The third-order valence-electron chi connectivity index (χ3n) is 4.44. The summed E-state index contributed by atoms with van der Waals surface area (Å²) in [4.78, 5) is 0. The predicted molar refractivity (Wildman–Crippen MR) is 85.4 cm³/mol. The smallest absolute Gasteiger partial charge is 0.399 e. The van der Waals surface area contributed by atoms with E-state index in [2.05, 4.69) is 66.7 Å². The Kier molecular flexibility index (Phi) is 4.05. The third kappa shape index (κ3) is 2.94. The number of hydrogen-bond acceptors (Lipinski definition) is 2. The van der Waals surface area contributed by atoms with Crippen molar-refractivity contribution in [2.75, 3.05) is 0 Å². The summed E-state index contributed by atoms with van der Waals surface area (Å²) >= 11 is 0. The molecule has 0 radical (unpaired) electrons. The summed E-state index contributed by atoms with van der Waals surface area (Å²) in [6.07, 6.45) is 1.06. The summed E-state index contributed by atoms with van der Waals surface area (Å²) in [6.45, 7) is 15.0. The molecule has 0 spiro atoms. The Morgan fingerprint density at radius 2 is 1.60 bits per heavy atom. The van der Waals surface area contributed by atoms with Crippen LogP contribution in [0.15, 0.2) is 18.2 Å². The zero-order valence-electron chi connectivity index (χ0n) is 13.9. The minimum atomic E-state index is -0.281. The highest BCUT2D eigenvalue weighted by Crippen LogP contribution is 2.36. The second kappa shape index (κ2) is 5.20. The van der Waals surface area contributed by atoms with Crippen LogP contribution in [0.2, 0.25) is 0 Å². The molecule has 2 rings (SSSR count). The van der Waals surface area contributed by atoms with Crippen molar-refractivity contribution >= 4 is 12.6 Å². The SMILES string of the molecule is Cc1ccc(CC(C)C)c(B2OC(C)(C)C(C)(C)O2)c1.